The van der Waals surface area contributed by atoms with E-state index in [1.54, 1.807) is 18.3 Å². The third-order valence-corrected chi connectivity index (χ3v) is 7.56. The van der Waals surface area contributed by atoms with Crippen molar-refractivity contribution in [1.29, 1.82) is 0 Å². The van der Waals surface area contributed by atoms with Crippen LogP contribution in [0.3, 0.4) is 0 Å². The van der Waals surface area contributed by atoms with Gasteiger partial charge in [-0.2, -0.15) is 0 Å². The fourth-order valence-electron chi connectivity index (χ4n) is 4.42. The number of hydrogen-bond acceptors (Lipinski definition) is 6. The molecule has 0 aliphatic carbocycles. The highest BCUT2D eigenvalue weighted by Crippen LogP contribution is 2.27. The zero-order valence-corrected chi connectivity index (χ0v) is 21.2. The van der Waals surface area contributed by atoms with Crippen molar-refractivity contribution in [2.45, 2.75) is 31.3 Å². The van der Waals surface area contributed by atoms with Crippen LogP contribution in [0, 0.1) is 12.7 Å². The summed E-state index contributed by atoms with van der Waals surface area (Å²) in [5.74, 6) is 3.82. The Bertz CT molecular complexity index is 1530. The Hall–Kier alpha value is -3.63. The minimum absolute atomic E-state index is 0.0930. The van der Waals surface area contributed by atoms with Crippen molar-refractivity contribution < 1.29 is 13.0 Å². The van der Waals surface area contributed by atoms with Gasteiger partial charge in [0.2, 0.25) is 5.95 Å². The third kappa shape index (κ3) is 6.03. The van der Waals surface area contributed by atoms with E-state index in [-0.39, 0.29) is 17.5 Å². The van der Waals surface area contributed by atoms with E-state index < -0.39 is 21.7 Å². The molecule has 2 aromatic carbocycles. The molecule has 3 N–H and O–H groups in total. The highest BCUT2D eigenvalue weighted by molar-refractivity contribution is 8.00. The summed E-state index contributed by atoms with van der Waals surface area (Å²) in [7, 11) is -2.79. The number of piperidine rings is 1. The van der Waals surface area contributed by atoms with E-state index in [2.05, 4.69) is 36.2 Å². The van der Waals surface area contributed by atoms with Crippen LogP contribution in [0.1, 0.15) is 17.5 Å². The summed E-state index contributed by atoms with van der Waals surface area (Å²) in [6, 6.07) is 15.7. The molecule has 0 saturated carbocycles. The van der Waals surface area contributed by atoms with E-state index >= 15 is 4.39 Å². The molecule has 0 radical (unpaired) electrons. The zero-order valence-electron chi connectivity index (χ0n) is 20.4. The van der Waals surface area contributed by atoms with Crippen molar-refractivity contribution in [2.75, 3.05) is 23.1 Å². The molecular weight excluding hydrogens is 494 g/mol. The lowest BCUT2D eigenvalue weighted by molar-refractivity contribution is 0.254. The van der Waals surface area contributed by atoms with Crippen LogP contribution in [0.15, 0.2) is 60.8 Å². The smallest absolute Gasteiger partial charge is 0.223 e. The van der Waals surface area contributed by atoms with Crippen LogP contribution >= 0.6 is 0 Å². The third-order valence-electron chi connectivity index (χ3n) is 6.17. The van der Waals surface area contributed by atoms with Gasteiger partial charge in [0.1, 0.15) is 17.5 Å². The predicted octanol–water partition coefficient (Wildman–Crippen LogP) is 4.49. The largest absolute Gasteiger partial charge is 0.350 e. The fraction of sp³-hybridized carbons (Fsp3) is 0.259. The summed E-state index contributed by atoms with van der Waals surface area (Å²) in [4.78, 5) is 13.6. The van der Waals surface area contributed by atoms with Crippen LogP contribution in [0.2, 0.25) is 0 Å². The molecule has 2 aromatic heterocycles. The van der Waals surface area contributed by atoms with Gasteiger partial charge in [-0.25, -0.2) is 27.9 Å². The standard InChI is InChI=1S/C27H28F2N6OS/c1-17-10-24(33-25-15-31-27(34-26(17)25)32-21-12-20(28)13-30-14-21)19-8-9-23(22(29)11-19)35-37(2,36)16-18-6-4-3-5-7-18/h3-11,15,20-21,30H,2,12-14,16H2,1H3,(H,35,36)(H,31,32,34)/t20-,21-,37?/m0/s1. The van der Waals surface area contributed by atoms with Gasteiger partial charge in [-0.1, -0.05) is 36.4 Å². The van der Waals surface area contributed by atoms with Gasteiger partial charge in [-0.3, -0.25) is 0 Å². The summed E-state index contributed by atoms with van der Waals surface area (Å²) in [5, 5.41) is 6.24. The highest BCUT2D eigenvalue weighted by atomic mass is 32.2. The molecule has 37 heavy (non-hydrogen) atoms. The Balaban J connectivity index is 1.35. The number of rotatable bonds is 7. The topological polar surface area (TPSA) is 91.8 Å². The maximum Gasteiger partial charge on any atom is 0.223 e. The van der Waals surface area contributed by atoms with Crippen LogP contribution < -0.4 is 15.4 Å². The molecule has 3 heterocycles. The van der Waals surface area contributed by atoms with Gasteiger partial charge in [0.15, 0.2) is 0 Å². The molecule has 3 atom stereocenters. The van der Waals surface area contributed by atoms with Gasteiger partial charge in [0, 0.05) is 40.8 Å². The molecule has 1 unspecified atom stereocenters. The molecule has 192 valence electrons. The Morgan fingerprint density at radius 3 is 2.70 bits per heavy atom. The van der Waals surface area contributed by atoms with Gasteiger partial charge < -0.3 is 15.4 Å². The SMILES string of the molecule is C=S(=O)(Cc1ccccc1)Nc1ccc(-c2cc(C)c3nc(N[C@@H]4CNC[C@@H](F)C4)ncc3n2)cc1F. The van der Waals surface area contributed by atoms with Gasteiger partial charge in [-0.05, 0) is 42.1 Å². The second kappa shape index (κ2) is 10.4. The van der Waals surface area contributed by atoms with Crippen LogP contribution in [0.4, 0.5) is 20.4 Å². The molecule has 1 aliphatic heterocycles. The second-order valence-electron chi connectivity index (χ2n) is 9.32. The maximum absolute atomic E-state index is 15.0. The predicted molar refractivity (Wildman–Crippen MR) is 146 cm³/mol. The highest BCUT2D eigenvalue weighted by Gasteiger charge is 2.22. The number of nitrogens with one attached hydrogen (secondary N) is 3. The summed E-state index contributed by atoms with van der Waals surface area (Å²) in [5.41, 5.74) is 4.18. The average Bonchev–Trinajstić information content (AvgIpc) is 2.86. The lowest BCUT2D eigenvalue weighted by atomic mass is 10.1. The molecule has 1 fully saturated rings. The number of pyridine rings is 1. The fourth-order valence-corrected chi connectivity index (χ4v) is 5.79. The van der Waals surface area contributed by atoms with Crippen molar-refractivity contribution in [3.05, 3.63) is 77.7 Å². The lowest BCUT2D eigenvalue weighted by Crippen LogP contribution is -2.44. The van der Waals surface area contributed by atoms with Crippen molar-refractivity contribution in [2.24, 2.45) is 0 Å². The number of halogens is 2. The van der Waals surface area contributed by atoms with E-state index in [1.807, 2.05) is 43.3 Å². The number of benzene rings is 2. The first kappa shape index (κ1) is 25.0. The van der Waals surface area contributed by atoms with Gasteiger partial charge in [0.25, 0.3) is 0 Å². The van der Waals surface area contributed by atoms with E-state index in [9.17, 15) is 8.60 Å². The minimum Gasteiger partial charge on any atom is -0.350 e. The number of hydrogen-bond donors (Lipinski definition) is 3. The molecule has 0 amide bonds. The first-order chi connectivity index (χ1) is 17.8. The van der Waals surface area contributed by atoms with E-state index in [1.165, 1.54) is 6.07 Å². The van der Waals surface area contributed by atoms with Crippen LogP contribution in [0.25, 0.3) is 22.3 Å². The molecule has 1 aliphatic rings. The van der Waals surface area contributed by atoms with Crippen molar-refractivity contribution in [3.63, 3.8) is 0 Å². The van der Waals surface area contributed by atoms with E-state index in [4.69, 9.17) is 0 Å². The lowest BCUT2D eigenvalue weighted by Gasteiger charge is -2.26. The minimum atomic E-state index is -2.79. The first-order valence-electron chi connectivity index (χ1n) is 12.0. The molecule has 0 spiro atoms. The summed E-state index contributed by atoms with van der Waals surface area (Å²) in [6.07, 6.45) is 1.11. The van der Waals surface area contributed by atoms with Gasteiger partial charge in [0.05, 0.1) is 28.8 Å². The summed E-state index contributed by atoms with van der Waals surface area (Å²) < 4.78 is 44.4. The molecule has 5 rings (SSSR count). The summed E-state index contributed by atoms with van der Waals surface area (Å²) >= 11 is 0. The van der Waals surface area contributed by atoms with Crippen molar-refractivity contribution in [3.8, 4) is 11.3 Å². The zero-order chi connectivity index (χ0) is 26.0. The number of alkyl halides is 1. The molecule has 1 saturated heterocycles. The second-order valence-corrected chi connectivity index (χ2v) is 11.4. The normalized spacial score (nSPS) is 19.3. The quantitative estimate of drug-likeness (QED) is 0.310. The van der Waals surface area contributed by atoms with E-state index in [0.29, 0.717) is 47.7 Å². The molecule has 4 aromatic rings. The Kier molecular flexibility index (Phi) is 7.03. The molecule has 10 heteroatoms. The van der Waals surface area contributed by atoms with E-state index in [0.717, 1.165) is 11.1 Å². The number of aromatic nitrogens is 3. The number of aryl methyl sites for hydroxylation is 1. The Morgan fingerprint density at radius 1 is 1.14 bits per heavy atom. The number of fused-ring (bicyclic) bond motifs is 1. The van der Waals surface area contributed by atoms with Crippen molar-refractivity contribution >= 4 is 38.2 Å². The molecule has 0 bridgehead atoms. The molecule has 7 nitrogen and oxygen atoms in total. The Labute approximate surface area is 214 Å². The van der Waals surface area contributed by atoms with Crippen LogP contribution in [0.5, 0.6) is 0 Å². The van der Waals surface area contributed by atoms with Crippen LogP contribution in [-0.2, 0) is 15.5 Å². The summed E-state index contributed by atoms with van der Waals surface area (Å²) in [6.45, 7) is 2.91. The van der Waals surface area contributed by atoms with Gasteiger partial charge >= 0.3 is 0 Å². The number of nitrogens with zero attached hydrogens (tertiary/aromatic N) is 3. The molecular formula is C27H28F2N6OS. The number of anilines is 2. The maximum atomic E-state index is 15.0. The van der Waals surface area contributed by atoms with Crippen LogP contribution in [-0.4, -0.2) is 50.3 Å². The Morgan fingerprint density at radius 2 is 1.95 bits per heavy atom. The monoisotopic (exact) mass is 522 g/mol. The first-order valence-corrected chi connectivity index (χ1v) is 13.9. The average molecular weight is 523 g/mol. The van der Waals surface area contributed by atoms with Crippen molar-refractivity contribution in [1.82, 2.24) is 20.3 Å². The van der Waals surface area contributed by atoms with Gasteiger partial charge in [-0.15, -0.1) is 0 Å².